The highest BCUT2D eigenvalue weighted by atomic mass is 32.2. The van der Waals surface area contributed by atoms with Gasteiger partial charge in [0.1, 0.15) is 6.61 Å². The number of amides is 1. The van der Waals surface area contributed by atoms with E-state index in [9.17, 15) is 30.0 Å². The number of carbonyl (C=O) groups excluding carboxylic acids is 1. The predicted molar refractivity (Wildman–Crippen MR) is 360 cm³/mol. The van der Waals surface area contributed by atoms with Crippen LogP contribution in [0.1, 0.15) is 191 Å². The van der Waals surface area contributed by atoms with Crippen LogP contribution in [0.3, 0.4) is 0 Å². The smallest absolute Gasteiger partial charge is 0.410 e. The Labute approximate surface area is 553 Å². The molecule has 0 spiro atoms. The van der Waals surface area contributed by atoms with Crippen LogP contribution in [0, 0.1) is 67.1 Å². The molecular formula is C74H109NO14S3. The maximum Gasteiger partial charge on any atom is 0.410 e. The van der Waals surface area contributed by atoms with Crippen molar-refractivity contribution in [2.45, 2.75) is 229 Å². The maximum atomic E-state index is 14.0. The van der Waals surface area contributed by atoms with Crippen molar-refractivity contribution in [3.63, 3.8) is 0 Å². The number of rotatable bonds is 39. The lowest BCUT2D eigenvalue weighted by atomic mass is 9.43. The Morgan fingerprint density at radius 2 is 1.02 bits per heavy atom. The van der Waals surface area contributed by atoms with E-state index in [1.807, 2.05) is 56.0 Å². The Morgan fingerprint density at radius 3 is 1.55 bits per heavy atom. The topological polar surface area (TPSA) is 187 Å². The van der Waals surface area contributed by atoms with E-state index in [4.69, 9.17) is 31.5 Å². The molecule has 0 aromatic heterocycles. The van der Waals surface area contributed by atoms with Crippen molar-refractivity contribution < 1.29 is 61.5 Å². The fraction of sp³-hybridized carbons (Fsp3) is 0.662. The molecule has 0 radical (unpaired) electrons. The first-order valence-electron chi connectivity index (χ1n) is 34.8. The number of nitrogens with zero attached hydrogens (tertiary/aromatic N) is 1. The lowest BCUT2D eigenvalue weighted by Gasteiger charge is -2.65. The Morgan fingerprint density at radius 1 is 0.533 bits per heavy atom. The molecule has 92 heavy (non-hydrogen) atoms. The third-order valence-corrected chi connectivity index (χ3v) is 25.3. The quantitative estimate of drug-likeness (QED) is 0.0303. The van der Waals surface area contributed by atoms with Crippen molar-refractivity contribution in [3.8, 4) is 0 Å². The summed E-state index contributed by atoms with van der Waals surface area (Å²) in [6.45, 7) is 17.8. The maximum absolute atomic E-state index is 14.0. The Kier molecular flexibility index (Phi) is 28.1. The molecule has 15 nitrogen and oxygen atoms in total. The fourth-order valence-electron chi connectivity index (χ4n) is 16.0. The number of hydrogen-bond acceptors (Lipinski definition) is 14. The lowest BCUT2D eigenvalue weighted by Crippen LogP contribution is -2.63. The minimum absolute atomic E-state index is 0.0112. The molecule has 0 saturated heterocycles. The van der Waals surface area contributed by atoms with E-state index in [2.05, 4.69) is 27.7 Å². The van der Waals surface area contributed by atoms with Crippen LogP contribution in [-0.2, 0) is 68.5 Å². The Balaban J connectivity index is 0.984. The van der Waals surface area contributed by atoms with Crippen LogP contribution in [-0.4, -0.2) is 107 Å². The summed E-state index contributed by atoms with van der Waals surface area (Å²) in [5, 5.41) is 0. The van der Waals surface area contributed by atoms with Crippen molar-refractivity contribution >= 4 is 36.4 Å². The standard InChI is InChI=1S/C74H109NO14S3/c1-8-9-10-11-12-13-14-15-16-20-44-75(72(76)86-55-60-26-18-17-19-27-60)45-21-25-59(5)66-40-41-67-71-68(54-70(74(66,67)7)85-48-24-51-89-92(81,82)65-38-32-58(4)33-39-65)73(6)43-42-62(83-46-22-49-87-90(77,78)63-34-28-56(2)29-35-63)52-61(73)53-69(71)84-47-23-50-88-91(79,80)64-36-30-57(3)31-37-64/h17-19,26-39,59,61-62,66-71H,8-16,20-25,40-55H2,1-7H3/t59?,61?,62-,66-,67+,68+,69-,70+,71?,73?,74?/m1/s1. The molecule has 0 bridgehead atoms. The second-order valence-corrected chi connectivity index (χ2v) is 32.6. The fourth-order valence-corrected chi connectivity index (χ4v) is 18.9. The first kappa shape index (κ1) is 73.6. The number of aryl methyl sites for hydroxylation is 3. The van der Waals surface area contributed by atoms with E-state index in [0.29, 0.717) is 52.2 Å². The predicted octanol–water partition coefficient (Wildman–Crippen LogP) is 16.3. The van der Waals surface area contributed by atoms with Gasteiger partial charge in [0.25, 0.3) is 30.4 Å². The summed E-state index contributed by atoms with van der Waals surface area (Å²) < 4.78 is 123. The summed E-state index contributed by atoms with van der Waals surface area (Å²) >= 11 is 0. The molecule has 4 fully saturated rings. The van der Waals surface area contributed by atoms with E-state index >= 15 is 0 Å². The van der Waals surface area contributed by atoms with Gasteiger partial charge in [-0.2, -0.15) is 25.3 Å². The Bertz CT molecular complexity index is 3200. The van der Waals surface area contributed by atoms with Gasteiger partial charge in [0, 0.05) is 38.3 Å². The van der Waals surface area contributed by atoms with Crippen LogP contribution in [0.25, 0.3) is 0 Å². The Hall–Kier alpha value is -4.24. The van der Waals surface area contributed by atoms with Crippen LogP contribution in [0.2, 0.25) is 0 Å². The van der Waals surface area contributed by atoms with Gasteiger partial charge in [0.2, 0.25) is 0 Å². The molecule has 4 aliphatic rings. The molecule has 4 aromatic carbocycles. The normalized spacial score (nSPS) is 25.2. The van der Waals surface area contributed by atoms with Crippen LogP contribution >= 0.6 is 0 Å². The van der Waals surface area contributed by atoms with E-state index < -0.39 is 30.4 Å². The zero-order valence-electron chi connectivity index (χ0n) is 56.3. The molecule has 0 heterocycles. The third kappa shape index (κ3) is 20.2. The summed E-state index contributed by atoms with van der Waals surface area (Å²) in [6, 6.07) is 29.9. The summed E-state index contributed by atoms with van der Waals surface area (Å²) in [7, 11) is -11.8. The minimum atomic E-state index is -3.97. The van der Waals surface area contributed by atoms with Gasteiger partial charge in [-0.25, -0.2) is 4.79 Å². The molecule has 4 aliphatic carbocycles. The first-order chi connectivity index (χ1) is 44.1. The second-order valence-electron chi connectivity index (χ2n) is 27.7. The minimum Gasteiger partial charge on any atom is -0.445 e. The molecular weight excluding hydrogens is 1220 g/mol. The number of carbonyl (C=O) groups is 1. The molecule has 512 valence electrons. The van der Waals surface area contributed by atoms with E-state index in [-0.39, 0.29) is 112 Å². The number of benzene rings is 4. The molecule has 11 atom stereocenters. The number of hydrogen-bond donors (Lipinski definition) is 0. The van der Waals surface area contributed by atoms with Crippen molar-refractivity contribution in [2.75, 3.05) is 52.7 Å². The van der Waals surface area contributed by atoms with Gasteiger partial charge in [0.15, 0.2) is 0 Å². The zero-order valence-corrected chi connectivity index (χ0v) is 58.8. The largest absolute Gasteiger partial charge is 0.445 e. The van der Waals surface area contributed by atoms with Crippen LogP contribution in [0.15, 0.2) is 118 Å². The van der Waals surface area contributed by atoms with Gasteiger partial charge in [-0.05, 0) is 187 Å². The lowest BCUT2D eigenvalue weighted by molar-refractivity contribution is -0.228. The summed E-state index contributed by atoms with van der Waals surface area (Å²) in [5.74, 6) is 1.41. The average Bonchev–Trinajstić information content (AvgIpc) is 1.32. The average molecular weight is 1330 g/mol. The molecule has 8 rings (SSSR count). The van der Waals surface area contributed by atoms with Crippen LogP contribution in [0.4, 0.5) is 4.79 Å². The van der Waals surface area contributed by atoms with E-state index in [1.54, 1.807) is 72.8 Å². The first-order valence-corrected chi connectivity index (χ1v) is 39.1. The number of unbranched alkanes of at least 4 members (excludes halogenated alkanes) is 9. The highest BCUT2D eigenvalue weighted by Crippen LogP contribution is 2.69. The van der Waals surface area contributed by atoms with Gasteiger partial charge in [-0.1, -0.05) is 169 Å². The molecule has 0 N–H and O–H groups in total. The van der Waals surface area contributed by atoms with E-state index in [0.717, 1.165) is 92.9 Å². The monoisotopic (exact) mass is 1330 g/mol. The number of ether oxygens (including phenoxy) is 4. The van der Waals surface area contributed by atoms with Crippen LogP contribution < -0.4 is 0 Å². The number of fused-ring (bicyclic) bond motifs is 5. The van der Waals surface area contributed by atoms with Crippen LogP contribution in [0.5, 0.6) is 0 Å². The highest BCUT2D eigenvalue weighted by molar-refractivity contribution is 7.87. The van der Waals surface area contributed by atoms with Gasteiger partial charge in [-0.3, -0.25) is 12.5 Å². The molecule has 5 unspecified atom stereocenters. The summed E-state index contributed by atoms with van der Waals surface area (Å²) in [5.41, 5.74) is 3.46. The van der Waals surface area contributed by atoms with Crippen molar-refractivity contribution in [1.29, 1.82) is 0 Å². The second kappa shape index (κ2) is 35.1. The van der Waals surface area contributed by atoms with Gasteiger partial charge in [0.05, 0.1) is 52.8 Å². The third-order valence-electron chi connectivity index (χ3n) is 21.3. The van der Waals surface area contributed by atoms with Gasteiger partial charge >= 0.3 is 6.09 Å². The van der Waals surface area contributed by atoms with Crippen molar-refractivity contribution in [3.05, 3.63) is 125 Å². The molecule has 4 saturated carbocycles. The van der Waals surface area contributed by atoms with Gasteiger partial charge < -0.3 is 23.8 Å². The molecule has 1 amide bonds. The summed E-state index contributed by atoms with van der Waals surface area (Å²) in [4.78, 5) is 16.3. The van der Waals surface area contributed by atoms with Gasteiger partial charge in [-0.15, -0.1) is 0 Å². The SMILES string of the molecule is CCCCCCCCCCCCN(CCCC(C)[C@H]1CC[C@H]2C3[C@H](OCCCOS(=O)(=O)c4ccc(C)cc4)CC4C[C@H](OCCCOS(=O)(=O)c5ccc(C)cc5)CCC4(C)[C@H]3C[C@H](OCCCOS(=O)(=O)c3ccc(C)cc3)C12C)C(=O)OCc1ccccc1. The summed E-state index contributed by atoms with van der Waals surface area (Å²) in [6.07, 6.45) is 20.8. The molecule has 18 heteroatoms. The van der Waals surface area contributed by atoms with Crippen molar-refractivity contribution in [2.24, 2.45) is 46.3 Å². The molecule has 0 aliphatic heterocycles. The van der Waals surface area contributed by atoms with E-state index in [1.165, 1.54) is 51.4 Å². The highest BCUT2D eigenvalue weighted by Gasteiger charge is 2.66. The zero-order chi connectivity index (χ0) is 65.8. The molecule has 4 aromatic rings. The van der Waals surface area contributed by atoms with Crippen molar-refractivity contribution in [1.82, 2.24) is 4.90 Å².